The van der Waals surface area contributed by atoms with Crippen molar-refractivity contribution in [3.8, 4) is 0 Å². The molecule has 0 aliphatic carbocycles. The molecule has 0 radical (unpaired) electrons. The molecule has 0 bridgehead atoms. The lowest BCUT2D eigenvalue weighted by molar-refractivity contribution is -0.148. The number of ketones is 2. The largest absolute Gasteiger partial charge is 0.431 e. The molecule has 0 aromatic heterocycles. The Morgan fingerprint density at radius 1 is 1.04 bits per heavy atom. The van der Waals surface area contributed by atoms with E-state index in [4.69, 9.17) is 10.5 Å². The molecule has 10 nitrogen and oxygen atoms in total. The van der Waals surface area contributed by atoms with Crippen LogP contribution in [0.2, 0.25) is 0 Å². The van der Waals surface area contributed by atoms with Crippen molar-refractivity contribution in [3.05, 3.63) is 12.3 Å². The van der Waals surface area contributed by atoms with E-state index in [9.17, 15) is 24.0 Å². The maximum Gasteiger partial charge on any atom is 0.318 e. The van der Waals surface area contributed by atoms with Gasteiger partial charge in [0, 0.05) is 20.1 Å². The minimum atomic E-state index is -0.507. The standard InChI is InChI=1S/C6H10N2O3.C4H4O2.C4H8O.C3H7NO/c1-4(9)3-6(11)8-7-5(2)10;1-3-2-4(5)6-3;1-2-4-5-3-1;1-3(5)2-4/h3H2,1-2H3,(H,7,10)(H,8,11);1-2H2;1-4H2;2,4H2,1H3. The van der Waals surface area contributed by atoms with Crippen LogP contribution in [0, 0.1) is 0 Å². The molecule has 0 aromatic rings. The fourth-order valence-corrected chi connectivity index (χ4v) is 1.25. The molecule has 0 saturated carbocycles. The first kappa shape index (κ1) is 26.6. The topological polar surface area (TPSA) is 154 Å². The number of amides is 2. The Labute approximate surface area is 158 Å². The van der Waals surface area contributed by atoms with Crippen molar-refractivity contribution in [2.24, 2.45) is 5.73 Å². The Balaban J connectivity index is 0. The summed E-state index contributed by atoms with van der Waals surface area (Å²) in [7, 11) is 0. The van der Waals surface area contributed by atoms with Crippen LogP contribution in [0.3, 0.4) is 0 Å². The zero-order valence-electron chi connectivity index (χ0n) is 16.1. The van der Waals surface area contributed by atoms with E-state index in [-0.39, 0.29) is 36.4 Å². The molecule has 2 heterocycles. The second kappa shape index (κ2) is 16.9. The van der Waals surface area contributed by atoms with E-state index < -0.39 is 5.91 Å². The van der Waals surface area contributed by atoms with Gasteiger partial charge in [0.2, 0.25) is 11.8 Å². The molecule has 2 rings (SSSR count). The highest BCUT2D eigenvalue weighted by Gasteiger charge is 2.17. The first-order valence-electron chi connectivity index (χ1n) is 8.29. The smallest absolute Gasteiger partial charge is 0.318 e. The van der Waals surface area contributed by atoms with E-state index in [0.717, 1.165) is 13.2 Å². The normalized spacial score (nSPS) is 13.6. The Morgan fingerprint density at radius 3 is 1.70 bits per heavy atom. The van der Waals surface area contributed by atoms with Crippen molar-refractivity contribution in [2.75, 3.05) is 19.8 Å². The number of rotatable bonds is 3. The van der Waals surface area contributed by atoms with Crippen LogP contribution >= 0.6 is 0 Å². The number of hydrogen-bond donors (Lipinski definition) is 3. The fraction of sp³-hybridized carbons (Fsp3) is 0.588. The molecule has 10 heteroatoms. The molecule has 2 aliphatic rings. The SMILES string of the molecule is C1CCOC1.C=C1CC(=O)O1.CC(=O)CC(=O)NNC(C)=O.CC(=O)CN. The van der Waals surface area contributed by atoms with Crippen molar-refractivity contribution < 1.29 is 33.4 Å². The molecule has 2 saturated heterocycles. The number of carbonyl (C=O) groups is 5. The van der Waals surface area contributed by atoms with E-state index in [2.05, 4.69) is 22.2 Å². The summed E-state index contributed by atoms with van der Waals surface area (Å²) in [5.74, 6) is -0.674. The summed E-state index contributed by atoms with van der Waals surface area (Å²) in [4.78, 5) is 50.7. The molecule has 27 heavy (non-hydrogen) atoms. The number of esters is 1. The van der Waals surface area contributed by atoms with Crippen LogP contribution in [0.1, 0.15) is 46.5 Å². The number of nitrogens with one attached hydrogen (secondary N) is 2. The Morgan fingerprint density at radius 2 is 1.52 bits per heavy atom. The van der Waals surface area contributed by atoms with E-state index in [1.807, 2.05) is 0 Å². The van der Waals surface area contributed by atoms with Gasteiger partial charge in [0.05, 0.1) is 13.0 Å². The highest BCUT2D eigenvalue weighted by atomic mass is 16.6. The molecule has 4 N–H and O–H groups in total. The molecule has 0 unspecified atom stereocenters. The Bertz CT molecular complexity index is 499. The van der Waals surface area contributed by atoms with E-state index in [1.165, 1.54) is 33.6 Å². The Kier molecular flexibility index (Phi) is 16.6. The number of nitrogens with two attached hydrogens (primary N) is 1. The van der Waals surface area contributed by atoms with Crippen molar-refractivity contribution in [1.29, 1.82) is 0 Å². The third-order valence-corrected chi connectivity index (χ3v) is 2.50. The average Bonchev–Trinajstić information content (AvgIpc) is 3.12. The van der Waals surface area contributed by atoms with Crippen molar-refractivity contribution in [1.82, 2.24) is 10.9 Å². The minimum Gasteiger partial charge on any atom is -0.431 e. The van der Waals surface area contributed by atoms with E-state index in [0.29, 0.717) is 12.2 Å². The maximum absolute atomic E-state index is 10.6. The maximum atomic E-state index is 10.6. The van der Waals surface area contributed by atoms with Gasteiger partial charge in [-0.15, -0.1) is 0 Å². The van der Waals surface area contributed by atoms with Gasteiger partial charge in [-0.25, -0.2) is 0 Å². The lowest BCUT2D eigenvalue weighted by Crippen LogP contribution is -2.40. The molecule has 2 aliphatic heterocycles. The molecule has 2 amide bonds. The molecule has 0 spiro atoms. The second-order valence-electron chi connectivity index (χ2n) is 5.52. The zero-order chi connectivity index (χ0) is 21.2. The monoisotopic (exact) mass is 387 g/mol. The summed E-state index contributed by atoms with van der Waals surface area (Å²) < 4.78 is 9.25. The Hall–Kier alpha value is -2.59. The molecule has 0 atom stereocenters. The number of carbonyl (C=O) groups excluding carboxylic acids is 5. The molecule has 2 fully saturated rings. The van der Waals surface area contributed by atoms with Gasteiger partial charge in [-0.1, -0.05) is 6.58 Å². The van der Waals surface area contributed by atoms with Gasteiger partial charge in [0.15, 0.2) is 0 Å². The summed E-state index contributed by atoms with van der Waals surface area (Å²) >= 11 is 0. The van der Waals surface area contributed by atoms with Gasteiger partial charge < -0.3 is 15.2 Å². The predicted octanol–water partition coefficient (Wildman–Crippen LogP) is -0.0893. The molecule has 154 valence electrons. The van der Waals surface area contributed by atoms with E-state index >= 15 is 0 Å². The summed E-state index contributed by atoms with van der Waals surface area (Å²) in [6.07, 6.45) is 2.76. The highest BCUT2D eigenvalue weighted by Crippen LogP contribution is 2.13. The third-order valence-electron chi connectivity index (χ3n) is 2.50. The van der Waals surface area contributed by atoms with Crippen LogP contribution in [0.15, 0.2) is 12.3 Å². The van der Waals surface area contributed by atoms with Crippen LogP contribution in [0.4, 0.5) is 0 Å². The fourth-order valence-electron chi connectivity index (χ4n) is 1.25. The number of hydrazine groups is 1. The zero-order valence-corrected chi connectivity index (χ0v) is 16.1. The van der Waals surface area contributed by atoms with Crippen LogP contribution in [-0.4, -0.2) is 49.1 Å². The summed E-state index contributed by atoms with van der Waals surface area (Å²) in [5.41, 5.74) is 8.94. The van der Waals surface area contributed by atoms with Gasteiger partial charge in [-0.2, -0.15) is 0 Å². The third kappa shape index (κ3) is 23.4. The van der Waals surface area contributed by atoms with Gasteiger partial charge in [0.1, 0.15) is 23.7 Å². The second-order valence-corrected chi connectivity index (χ2v) is 5.52. The van der Waals surface area contributed by atoms with Crippen LogP contribution < -0.4 is 16.6 Å². The van der Waals surface area contributed by atoms with Crippen molar-refractivity contribution >= 4 is 29.4 Å². The summed E-state index contributed by atoms with van der Waals surface area (Å²) in [6, 6.07) is 0. The first-order valence-corrected chi connectivity index (χ1v) is 8.29. The number of hydrogen-bond acceptors (Lipinski definition) is 8. The van der Waals surface area contributed by atoms with Crippen molar-refractivity contribution in [2.45, 2.75) is 46.5 Å². The minimum absolute atomic E-state index is 0.0324. The summed E-state index contributed by atoms with van der Waals surface area (Å²) in [5, 5.41) is 0. The summed E-state index contributed by atoms with van der Waals surface area (Å²) in [6.45, 7) is 9.55. The lowest BCUT2D eigenvalue weighted by Gasteiger charge is -2.12. The van der Waals surface area contributed by atoms with Crippen LogP contribution in [0.5, 0.6) is 0 Å². The number of Topliss-reactive ketones (excluding diaryl/α,β-unsaturated/α-hetero) is 2. The van der Waals surface area contributed by atoms with Gasteiger partial charge in [-0.05, 0) is 26.7 Å². The predicted molar refractivity (Wildman–Crippen MR) is 96.9 cm³/mol. The van der Waals surface area contributed by atoms with Crippen molar-refractivity contribution in [3.63, 3.8) is 0 Å². The van der Waals surface area contributed by atoms with Gasteiger partial charge in [-0.3, -0.25) is 34.8 Å². The van der Waals surface area contributed by atoms with E-state index in [1.54, 1.807) is 0 Å². The highest BCUT2D eigenvalue weighted by molar-refractivity contribution is 5.97. The molecular weight excluding hydrogens is 358 g/mol. The quantitative estimate of drug-likeness (QED) is 0.345. The van der Waals surface area contributed by atoms with Gasteiger partial charge >= 0.3 is 5.97 Å². The van der Waals surface area contributed by atoms with Crippen LogP contribution in [-0.2, 0) is 33.4 Å². The number of cyclic esters (lactones) is 1. The first-order chi connectivity index (χ1) is 12.6. The van der Waals surface area contributed by atoms with Gasteiger partial charge in [0.25, 0.3) is 0 Å². The number of ether oxygens (including phenoxy) is 2. The lowest BCUT2D eigenvalue weighted by atomic mass is 10.3. The average molecular weight is 387 g/mol. The molecule has 0 aromatic carbocycles. The molecular formula is C17H29N3O7. The van der Waals surface area contributed by atoms with Crippen LogP contribution in [0.25, 0.3) is 0 Å².